The summed E-state index contributed by atoms with van der Waals surface area (Å²) < 4.78 is 43.7. The molecule has 0 heterocycles. The molecule has 0 unspecified atom stereocenters. The first-order valence-corrected chi connectivity index (χ1v) is 6.00. The van der Waals surface area contributed by atoms with Gasteiger partial charge in [-0.25, -0.2) is 0 Å². The lowest BCUT2D eigenvalue weighted by Crippen LogP contribution is -2.23. The van der Waals surface area contributed by atoms with Gasteiger partial charge in [0.2, 0.25) is 0 Å². The maximum absolute atomic E-state index is 12.8. The number of alkyl halides is 3. The summed E-state index contributed by atoms with van der Waals surface area (Å²) in [4.78, 5) is 1.69. The van der Waals surface area contributed by atoms with Crippen LogP contribution < -0.4 is 4.90 Å². The molecule has 0 atom stereocenters. The van der Waals surface area contributed by atoms with E-state index in [-0.39, 0.29) is 5.56 Å². The largest absolute Gasteiger partial charge is 0.416 e. The monoisotopic (exact) mass is 277 g/mol. The summed E-state index contributed by atoms with van der Waals surface area (Å²) >= 11 is 0. The van der Waals surface area contributed by atoms with Crippen molar-refractivity contribution in [2.45, 2.75) is 19.7 Å². The number of ether oxygens (including phenoxy) is 1. The molecule has 1 N–H and O–H groups in total. The Hall–Kier alpha value is -1.27. The van der Waals surface area contributed by atoms with Gasteiger partial charge < -0.3 is 14.7 Å². The fraction of sp³-hybridized carbons (Fsp3) is 0.538. The van der Waals surface area contributed by atoms with Gasteiger partial charge in [0.1, 0.15) is 0 Å². The summed E-state index contributed by atoms with van der Waals surface area (Å²) in [5.74, 6) is 0. The molecule has 1 aromatic rings. The van der Waals surface area contributed by atoms with Crippen molar-refractivity contribution in [1.29, 1.82) is 0 Å². The Morgan fingerprint density at radius 1 is 1.32 bits per heavy atom. The van der Waals surface area contributed by atoms with E-state index in [1.165, 1.54) is 6.07 Å². The molecule has 0 spiro atoms. The molecule has 0 saturated heterocycles. The topological polar surface area (TPSA) is 32.7 Å². The second-order valence-electron chi connectivity index (χ2n) is 4.12. The first-order chi connectivity index (χ1) is 8.90. The van der Waals surface area contributed by atoms with Crippen molar-refractivity contribution >= 4 is 5.69 Å². The number of likely N-dealkylation sites (N-methyl/N-ethyl adjacent to an activating group) is 1. The van der Waals surface area contributed by atoms with Crippen molar-refractivity contribution in [2.24, 2.45) is 0 Å². The molecule has 0 aromatic heterocycles. The van der Waals surface area contributed by atoms with Crippen LogP contribution in [-0.4, -0.2) is 31.9 Å². The predicted molar refractivity (Wildman–Crippen MR) is 67.1 cm³/mol. The van der Waals surface area contributed by atoms with Crippen molar-refractivity contribution < 1.29 is 23.0 Å². The molecule has 6 heteroatoms. The van der Waals surface area contributed by atoms with Crippen LogP contribution in [0.5, 0.6) is 0 Å². The van der Waals surface area contributed by atoms with Crippen molar-refractivity contribution in [3.8, 4) is 0 Å². The summed E-state index contributed by atoms with van der Waals surface area (Å²) in [6.45, 7) is 2.76. The molecule has 0 aliphatic heterocycles. The number of anilines is 1. The molecule has 0 aliphatic carbocycles. The van der Waals surface area contributed by atoms with Crippen LogP contribution >= 0.6 is 0 Å². The normalized spacial score (nSPS) is 11.7. The number of nitrogens with zero attached hydrogens (tertiary/aromatic N) is 1. The second kappa shape index (κ2) is 6.77. The highest BCUT2D eigenvalue weighted by Crippen LogP contribution is 2.34. The first-order valence-electron chi connectivity index (χ1n) is 6.00. The average Bonchev–Trinajstić information content (AvgIpc) is 2.37. The van der Waals surface area contributed by atoms with Gasteiger partial charge in [-0.2, -0.15) is 13.2 Å². The summed E-state index contributed by atoms with van der Waals surface area (Å²) in [5.41, 5.74) is -0.463. The molecular weight excluding hydrogens is 259 g/mol. The van der Waals surface area contributed by atoms with Crippen molar-refractivity contribution in [3.63, 3.8) is 0 Å². The van der Waals surface area contributed by atoms with Gasteiger partial charge in [-0.3, -0.25) is 0 Å². The summed E-state index contributed by atoms with van der Waals surface area (Å²) in [7, 11) is 1.70. The zero-order valence-electron chi connectivity index (χ0n) is 11.0. The lowest BCUT2D eigenvalue weighted by Gasteiger charge is -2.21. The van der Waals surface area contributed by atoms with Crippen LogP contribution in [0, 0.1) is 0 Å². The summed E-state index contributed by atoms with van der Waals surface area (Å²) in [5, 5.41) is 8.95. The standard InChI is InChI=1S/C13H18F3NO2/c1-3-19-7-6-17(2)11-5-4-10(9-18)12(8-11)13(14,15)16/h4-5,8,18H,3,6-7,9H2,1-2H3. The Kier molecular flexibility index (Phi) is 5.62. The molecule has 0 bridgehead atoms. The van der Waals surface area contributed by atoms with Gasteiger partial charge in [0.15, 0.2) is 0 Å². The van der Waals surface area contributed by atoms with Crippen molar-refractivity contribution in [1.82, 2.24) is 0 Å². The van der Waals surface area contributed by atoms with E-state index in [9.17, 15) is 13.2 Å². The van der Waals surface area contributed by atoms with E-state index in [1.807, 2.05) is 6.92 Å². The van der Waals surface area contributed by atoms with E-state index in [0.717, 1.165) is 6.07 Å². The van der Waals surface area contributed by atoms with E-state index in [2.05, 4.69) is 0 Å². The van der Waals surface area contributed by atoms with Crippen molar-refractivity contribution in [2.75, 3.05) is 31.7 Å². The zero-order chi connectivity index (χ0) is 14.5. The third kappa shape index (κ3) is 4.40. The van der Waals surface area contributed by atoms with Crippen LogP contribution in [0.3, 0.4) is 0 Å². The van der Waals surface area contributed by atoms with Gasteiger partial charge in [0.25, 0.3) is 0 Å². The molecule has 108 valence electrons. The summed E-state index contributed by atoms with van der Waals surface area (Å²) in [6.07, 6.45) is -4.46. The molecule has 1 rings (SSSR count). The van der Waals surface area contributed by atoms with E-state index in [4.69, 9.17) is 9.84 Å². The maximum atomic E-state index is 12.8. The van der Waals surface area contributed by atoms with Crippen molar-refractivity contribution in [3.05, 3.63) is 29.3 Å². The molecule has 0 radical (unpaired) electrons. The number of rotatable bonds is 6. The Bertz CT molecular complexity index is 407. The molecule has 19 heavy (non-hydrogen) atoms. The smallest absolute Gasteiger partial charge is 0.392 e. The zero-order valence-corrected chi connectivity index (χ0v) is 11.0. The van der Waals surface area contributed by atoms with Crippen LogP contribution in [-0.2, 0) is 17.5 Å². The van der Waals surface area contributed by atoms with Gasteiger partial charge in [0.05, 0.1) is 18.8 Å². The number of aliphatic hydroxyl groups is 1. The lowest BCUT2D eigenvalue weighted by molar-refractivity contribution is -0.138. The molecule has 0 aliphatic rings. The second-order valence-corrected chi connectivity index (χ2v) is 4.12. The Morgan fingerprint density at radius 2 is 2.00 bits per heavy atom. The highest BCUT2D eigenvalue weighted by Gasteiger charge is 2.33. The molecule has 0 fully saturated rings. The van der Waals surface area contributed by atoms with Gasteiger partial charge >= 0.3 is 6.18 Å². The van der Waals surface area contributed by atoms with Gasteiger partial charge in [-0.05, 0) is 24.6 Å². The minimum absolute atomic E-state index is 0.116. The third-order valence-electron chi connectivity index (χ3n) is 2.79. The fourth-order valence-electron chi connectivity index (χ4n) is 1.68. The molecule has 0 amide bonds. The molecule has 0 saturated carbocycles. The highest BCUT2D eigenvalue weighted by molar-refractivity contribution is 5.51. The van der Waals surface area contributed by atoms with Crippen LogP contribution in [0.25, 0.3) is 0 Å². The third-order valence-corrected chi connectivity index (χ3v) is 2.79. The number of hydrogen-bond acceptors (Lipinski definition) is 3. The van der Waals surface area contributed by atoms with E-state index >= 15 is 0 Å². The van der Waals surface area contributed by atoms with E-state index < -0.39 is 18.3 Å². The minimum Gasteiger partial charge on any atom is -0.392 e. The number of hydrogen-bond donors (Lipinski definition) is 1. The number of halogens is 3. The Morgan fingerprint density at radius 3 is 2.53 bits per heavy atom. The Labute approximate surface area is 110 Å². The highest BCUT2D eigenvalue weighted by atomic mass is 19.4. The first kappa shape index (κ1) is 15.8. The van der Waals surface area contributed by atoms with Crippen LogP contribution in [0.4, 0.5) is 18.9 Å². The lowest BCUT2D eigenvalue weighted by atomic mass is 10.1. The van der Waals surface area contributed by atoms with Crippen LogP contribution in [0.1, 0.15) is 18.1 Å². The quantitative estimate of drug-likeness (QED) is 0.811. The van der Waals surface area contributed by atoms with E-state index in [0.29, 0.717) is 25.4 Å². The van der Waals surface area contributed by atoms with Crippen LogP contribution in [0.2, 0.25) is 0 Å². The molecule has 3 nitrogen and oxygen atoms in total. The Balaban J connectivity index is 2.91. The van der Waals surface area contributed by atoms with Gasteiger partial charge in [-0.1, -0.05) is 6.07 Å². The minimum atomic E-state index is -4.46. The van der Waals surface area contributed by atoms with Gasteiger partial charge in [0, 0.05) is 25.9 Å². The SMILES string of the molecule is CCOCCN(C)c1ccc(CO)c(C(F)(F)F)c1. The maximum Gasteiger partial charge on any atom is 0.416 e. The summed E-state index contributed by atoms with van der Waals surface area (Å²) in [6, 6.07) is 3.92. The number of benzene rings is 1. The fourth-order valence-corrected chi connectivity index (χ4v) is 1.68. The average molecular weight is 277 g/mol. The molecule has 1 aromatic carbocycles. The van der Waals surface area contributed by atoms with E-state index in [1.54, 1.807) is 18.0 Å². The molecular formula is C13H18F3NO2. The van der Waals surface area contributed by atoms with Gasteiger partial charge in [-0.15, -0.1) is 0 Å². The number of aliphatic hydroxyl groups excluding tert-OH is 1. The van der Waals surface area contributed by atoms with Crippen LogP contribution in [0.15, 0.2) is 18.2 Å². The predicted octanol–water partition coefficient (Wildman–Crippen LogP) is 2.67.